The van der Waals surface area contributed by atoms with Crippen molar-refractivity contribution >= 4 is 11.6 Å². The van der Waals surface area contributed by atoms with E-state index >= 15 is 0 Å². The van der Waals surface area contributed by atoms with Gasteiger partial charge in [-0.3, -0.25) is 0 Å². The lowest BCUT2D eigenvalue weighted by Crippen LogP contribution is -2.07. The van der Waals surface area contributed by atoms with Crippen molar-refractivity contribution in [3.8, 4) is 0 Å². The summed E-state index contributed by atoms with van der Waals surface area (Å²) >= 11 is 5.72. The molecule has 1 aromatic heterocycles. The number of nitrogens with zero attached hydrogens (tertiary/aromatic N) is 3. The fourth-order valence-corrected chi connectivity index (χ4v) is 1.39. The Morgan fingerprint density at radius 1 is 1.38 bits per heavy atom. The van der Waals surface area contributed by atoms with E-state index in [1.54, 1.807) is 7.11 Å². The van der Waals surface area contributed by atoms with E-state index in [9.17, 15) is 0 Å². The van der Waals surface area contributed by atoms with Gasteiger partial charge in [-0.05, 0) is 6.42 Å². The van der Waals surface area contributed by atoms with Crippen LogP contribution in [0.3, 0.4) is 0 Å². The predicted octanol–water partition coefficient (Wildman–Crippen LogP) is 1.57. The van der Waals surface area contributed by atoms with Crippen LogP contribution in [0.25, 0.3) is 0 Å². The van der Waals surface area contributed by atoms with Crippen molar-refractivity contribution in [3.05, 3.63) is 11.6 Å². The quantitative estimate of drug-likeness (QED) is 0.683. The fourth-order valence-electron chi connectivity index (χ4n) is 1.19. The molecule has 0 radical (unpaired) electrons. The van der Waals surface area contributed by atoms with E-state index in [1.807, 2.05) is 4.57 Å². The Labute approximate surface area is 82.9 Å². The van der Waals surface area contributed by atoms with Crippen molar-refractivity contribution < 1.29 is 4.74 Å². The third kappa shape index (κ3) is 2.42. The van der Waals surface area contributed by atoms with Crippen LogP contribution in [-0.4, -0.2) is 21.9 Å². The van der Waals surface area contributed by atoms with Gasteiger partial charge < -0.3 is 9.30 Å². The molecule has 1 rings (SSSR count). The van der Waals surface area contributed by atoms with Crippen LogP contribution in [0.5, 0.6) is 0 Å². The molecule has 0 saturated carbocycles. The molecule has 0 aromatic carbocycles. The van der Waals surface area contributed by atoms with E-state index in [-0.39, 0.29) is 0 Å². The molecule has 0 N–H and O–H groups in total. The predicted molar refractivity (Wildman–Crippen MR) is 50.6 cm³/mol. The maximum atomic E-state index is 5.72. The SMILES string of the molecule is CCCn1c(CCl)nnc1COC. The Kier molecular flexibility index (Phi) is 4.18. The van der Waals surface area contributed by atoms with E-state index in [0.29, 0.717) is 12.5 Å². The Hall–Kier alpha value is -0.610. The van der Waals surface area contributed by atoms with Crippen molar-refractivity contribution in [2.45, 2.75) is 32.4 Å². The first-order chi connectivity index (χ1) is 6.33. The summed E-state index contributed by atoms with van der Waals surface area (Å²) < 4.78 is 7.02. The average Bonchev–Trinajstić information content (AvgIpc) is 2.50. The van der Waals surface area contributed by atoms with Gasteiger partial charge in [0.15, 0.2) is 5.82 Å². The molecule has 74 valence electrons. The van der Waals surface area contributed by atoms with Crippen LogP contribution in [-0.2, 0) is 23.8 Å². The van der Waals surface area contributed by atoms with Gasteiger partial charge in [-0.1, -0.05) is 6.92 Å². The zero-order valence-corrected chi connectivity index (χ0v) is 8.71. The van der Waals surface area contributed by atoms with Crippen molar-refractivity contribution in [2.75, 3.05) is 7.11 Å². The van der Waals surface area contributed by atoms with E-state index in [1.165, 1.54) is 0 Å². The van der Waals surface area contributed by atoms with Crippen molar-refractivity contribution in [2.24, 2.45) is 0 Å². The Bertz CT molecular complexity index is 262. The largest absolute Gasteiger partial charge is 0.377 e. The fraction of sp³-hybridized carbons (Fsp3) is 0.750. The number of hydrogen-bond donors (Lipinski definition) is 0. The second kappa shape index (κ2) is 5.19. The normalized spacial score (nSPS) is 10.7. The van der Waals surface area contributed by atoms with Crippen LogP contribution in [0.4, 0.5) is 0 Å². The van der Waals surface area contributed by atoms with Gasteiger partial charge in [0, 0.05) is 13.7 Å². The van der Waals surface area contributed by atoms with E-state index < -0.39 is 0 Å². The molecule has 0 aliphatic rings. The maximum absolute atomic E-state index is 5.72. The van der Waals surface area contributed by atoms with E-state index in [4.69, 9.17) is 16.3 Å². The van der Waals surface area contributed by atoms with Crippen LogP contribution in [0.1, 0.15) is 25.0 Å². The lowest BCUT2D eigenvalue weighted by molar-refractivity contribution is 0.173. The van der Waals surface area contributed by atoms with E-state index in [0.717, 1.165) is 24.6 Å². The Balaban J connectivity index is 2.85. The van der Waals surface area contributed by atoms with Gasteiger partial charge in [0.05, 0.1) is 5.88 Å². The van der Waals surface area contributed by atoms with Crippen molar-refractivity contribution in [3.63, 3.8) is 0 Å². The molecule has 0 aliphatic heterocycles. The maximum Gasteiger partial charge on any atom is 0.159 e. The molecule has 0 amide bonds. The highest BCUT2D eigenvalue weighted by atomic mass is 35.5. The van der Waals surface area contributed by atoms with E-state index in [2.05, 4.69) is 17.1 Å². The molecule has 0 saturated heterocycles. The zero-order valence-electron chi connectivity index (χ0n) is 7.96. The summed E-state index contributed by atoms with van der Waals surface area (Å²) in [5.41, 5.74) is 0. The first-order valence-electron chi connectivity index (χ1n) is 4.29. The van der Waals surface area contributed by atoms with Crippen LogP contribution in [0.2, 0.25) is 0 Å². The molecule has 0 unspecified atom stereocenters. The monoisotopic (exact) mass is 203 g/mol. The highest BCUT2D eigenvalue weighted by molar-refractivity contribution is 6.16. The third-order valence-corrected chi connectivity index (χ3v) is 1.98. The molecular weight excluding hydrogens is 190 g/mol. The van der Waals surface area contributed by atoms with Gasteiger partial charge in [0.1, 0.15) is 12.4 Å². The second-order valence-electron chi connectivity index (χ2n) is 2.75. The first-order valence-corrected chi connectivity index (χ1v) is 4.82. The number of aromatic nitrogens is 3. The molecule has 0 fully saturated rings. The minimum atomic E-state index is 0.400. The number of rotatable bonds is 5. The van der Waals surface area contributed by atoms with Crippen molar-refractivity contribution in [1.82, 2.24) is 14.8 Å². The first kappa shape index (κ1) is 10.5. The summed E-state index contributed by atoms with van der Waals surface area (Å²) in [6, 6.07) is 0. The molecule has 5 heteroatoms. The number of ether oxygens (including phenoxy) is 1. The van der Waals surface area contributed by atoms with Gasteiger partial charge in [0.25, 0.3) is 0 Å². The summed E-state index contributed by atoms with van der Waals surface area (Å²) in [5, 5.41) is 7.97. The molecule has 4 nitrogen and oxygen atoms in total. The zero-order chi connectivity index (χ0) is 9.68. The van der Waals surface area contributed by atoms with Crippen LogP contribution in [0.15, 0.2) is 0 Å². The summed E-state index contributed by atoms with van der Waals surface area (Å²) in [4.78, 5) is 0. The molecule has 13 heavy (non-hydrogen) atoms. The van der Waals surface area contributed by atoms with Crippen LogP contribution in [0, 0.1) is 0 Å². The second-order valence-corrected chi connectivity index (χ2v) is 3.02. The molecule has 0 aliphatic carbocycles. The molecule has 0 atom stereocenters. The molecule has 1 aromatic rings. The minimum absolute atomic E-state index is 0.400. The van der Waals surface area contributed by atoms with Crippen LogP contribution >= 0.6 is 11.6 Å². The number of hydrogen-bond acceptors (Lipinski definition) is 3. The molecule has 1 heterocycles. The average molecular weight is 204 g/mol. The van der Waals surface area contributed by atoms with Gasteiger partial charge in [-0.25, -0.2) is 0 Å². The Morgan fingerprint density at radius 2 is 2.08 bits per heavy atom. The minimum Gasteiger partial charge on any atom is -0.377 e. The molecular formula is C8H14ClN3O. The summed E-state index contributed by atoms with van der Waals surface area (Å²) in [7, 11) is 1.64. The van der Waals surface area contributed by atoms with Crippen LogP contribution < -0.4 is 0 Å². The number of alkyl halides is 1. The standard InChI is InChI=1S/C8H14ClN3O/c1-3-4-12-7(5-9)10-11-8(12)6-13-2/h3-6H2,1-2H3. The Morgan fingerprint density at radius 3 is 2.62 bits per heavy atom. The van der Waals surface area contributed by atoms with Crippen molar-refractivity contribution in [1.29, 1.82) is 0 Å². The van der Waals surface area contributed by atoms with Gasteiger partial charge in [-0.2, -0.15) is 0 Å². The van der Waals surface area contributed by atoms with Gasteiger partial charge in [-0.15, -0.1) is 21.8 Å². The third-order valence-electron chi connectivity index (χ3n) is 1.74. The molecule has 0 spiro atoms. The lowest BCUT2D eigenvalue weighted by Gasteiger charge is -2.06. The highest BCUT2D eigenvalue weighted by Gasteiger charge is 2.09. The highest BCUT2D eigenvalue weighted by Crippen LogP contribution is 2.07. The summed E-state index contributed by atoms with van der Waals surface area (Å²) in [6.07, 6.45) is 1.04. The topological polar surface area (TPSA) is 39.9 Å². The van der Waals surface area contributed by atoms with Gasteiger partial charge >= 0.3 is 0 Å². The number of halogens is 1. The smallest absolute Gasteiger partial charge is 0.159 e. The number of methoxy groups -OCH3 is 1. The lowest BCUT2D eigenvalue weighted by atomic mass is 10.4. The summed E-state index contributed by atoms with van der Waals surface area (Å²) in [5.74, 6) is 2.06. The summed E-state index contributed by atoms with van der Waals surface area (Å²) in [6.45, 7) is 3.49. The van der Waals surface area contributed by atoms with Gasteiger partial charge in [0.2, 0.25) is 0 Å². The molecule has 0 bridgehead atoms.